The third-order valence-electron chi connectivity index (χ3n) is 2.58. The molecule has 0 unspecified atom stereocenters. The number of carbonyl (C=O) groups excluding carboxylic acids is 1. The van der Waals surface area contributed by atoms with Crippen LogP contribution in [-0.2, 0) is 9.63 Å². The summed E-state index contributed by atoms with van der Waals surface area (Å²) in [5.41, 5.74) is 0.801. The Hall–Kier alpha value is -1.76. The minimum absolute atomic E-state index is 0.0575. The third kappa shape index (κ3) is 5.55. The molecule has 22 heavy (non-hydrogen) atoms. The van der Waals surface area contributed by atoms with Gasteiger partial charge in [0.15, 0.2) is 18.1 Å². The number of hydrogen-bond donors (Lipinski definition) is 0. The Labute approximate surface area is 139 Å². The van der Waals surface area contributed by atoms with Crippen molar-refractivity contribution in [3.8, 4) is 11.5 Å². The molecule has 6 nitrogen and oxygen atoms in total. The van der Waals surface area contributed by atoms with Crippen molar-refractivity contribution in [1.29, 1.82) is 0 Å². The average Bonchev–Trinajstić information content (AvgIpc) is 2.46. The van der Waals surface area contributed by atoms with Crippen LogP contribution in [0.4, 0.5) is 0 Å². The normalized spacial score (nSPS) is 10.6. The van der Waals surface area contributed by atoms with Gasteiger partial charge < -0.3 is 19.2 Å². The van der Waals surface area contributed by atoms with Crippen LogP contribution in [0, 0.1) is 0 Å². The number of ether oxygens (including phenoxy) is 2. The number of amides is 1. The van der Waals surface area contributed by atoms with Crippen LogP contribution in [-0.4, -0.2) is 50.9 Å². The van der Waals surface area contributed by atoms with E-state index in [1.54, 1.807) is 26.4 Å². The Morgan fingerprint density at radius 2 is 2.00 bits per heavy atom. The van der Waals surface area contributed by atoms with E-state index in [9.17, 15) is 4.79 Å². The molecule has 1 aromatic rings. The first-order valence-electron chi connectivity index (χ1n) is 6.94. The molecule has 0 saturated heterocycles. The summed E-state index contributed by atoms with van der Waals surface area (Å²) in [5, 5.41) is 3.83. The smallest absolute Gasteiger partial charge is 0.259 e. The first kappa shape index (κ1) is 18.3. The highest BCUT2D eigenvalue weighted by Gasteiger charge is 2.14. The molecule has 0 saturated carbocycles. The molecule has 0 aliphatic carbocycles. The molecule has 122 valence electrons. The monoisotopic (exact) mass is 372 g/mol. The van der Waals surface area contributed by atoms with Crippen LogP contribution < -0.4 is 9.47 Å². The molecular weight excluding hydrogens is 352 g/mol. The molecule has 0 aliphatic rings. The zero-order valence-electron chi connectivity index (χ0n) is 13.3. The van der Waals surface area contributed by atoms with Crippen LogP contribution in [0.1, 0.15) is 19.4 Å². The number of rotatable bonds is 8. The van der Waals surface area contributed by atoms with Gasteiger partial charge in [0.1, 0.15) is 6.61 Å². The van der Waals surface area contributed by atoms with Crippen molar-refractivity contribution in [3.05, 3.63) is 22.2 Å². The van der Waals surface area contributed by atoms with E-state index in [1.807, 2.05) is 19.9 Å². The lowest BCUT2D eigenvalue weighted by atomic mass is 10.2. The Morgan fingerprint density at radius 1 is 1.27 bits per heavy atom. The second-order valence-electron chi connectivity index (χ2n) is 4.49. The summed E-state index contributed by atoms with van der Waals surface area (Å²) in [4.78, 5) is 18.1. The van der Waals surface area contributed by atoms with Crippen LogP contribution in [0.5, 0.6) is 11.5 Å². The van der Waals surface area contributed by atoms with Gasteiger partial charge in [-0.15, -0.1) is 0 Å². The Morgan fingerprint density at radius 3 is 2.59 bits per heavy atom. The van der Waals surface area contributed by atoms with Crippen molar-refractivity contribution in [2.45, 2.75) is 13.8 Å². The van der Waals surface area contributed by atoms with Gasteiger partial charge in [0.05, 0.1) is 17.3 Å². The van der Waals surface area contributed by atoms with Crippen molar-refractivity contribution < 1.29 is 19.1 Å². The third-order valence-corrected chi connectivity index (χ3v) is 3.16. The zero-order valence-corrected chi connectivity index (χ0v) is 14.8. The molecule has 0 fully saturated rings. The standard InChI is InChI=1S/C15H21BrN2O4/c1-5-20-13-8-11(9-17-22-6-2)7-12(16)15(13)21-10-14(19)18(3)4/h7-9H,5-6,10H2,1-4H3/b17-9+. The van der Waals surface area contributed by atoms with Crippen molar-refractivity contribution >= 4 is 28.1 Å². The van der Waals surface area contributed by atoms with E-state index in [0.717, 1.165) is 5.56 Å². The van der Waals surface area contributed by atoms with Crippen LogP contribution in [0.25, 0.3) is 0 Å². The van der Waals surface area contributed by atoms with Gasteiger partial charge in [0.25, 0.3) is 5.91 Å². The predicted molar refractivity (Wildman–Crippen MR) is 88.7 cm³/mol. The molecule has 1 rings (SSSR count). The van der Waals surface area contributed by atoms with Gasteiger partial charge in [-0.1, -0.05) is 5.16 Å². The molecule has 0 N–H and O–H groups in total. The lowest BCUT2D eigenvalue weighted by Crippen LogP contribution is -2.27. The largest absolute Gasteiger partial charge is 0.490 e. The van der Waals surface area contributed by atoms with Crippen molar-refractivity contribution in [2.24, 2.45) is 5.16 Å². The van der Waals surface area contributed by atoms with Gasteiger partial charge in [0.2, 0.25) is 0 Å². The van der Waals surface area contributed by atoms with Crippen LogP contribution in [0.2, 0.25) is 0 Å². The fourth-order valence-corrected chi connectivity index (χ4v) is 2.08. The first-order chi connectivity index (χ1) is 10.5. The Kier molecular flexibility index (Phi) is 7.73. The van der Waals surface area contributed by atoms with E-state index in [-0.39, 0.29) is 12.5 Å². The lowest BCUT2D eigenvalue weighted by molar-refractivity contribution is -0.130. The number of benzene rings is 1. The minimum atomic E-state index is -0.128. The maximum absolute atomic E-state index is 11.6. The van der Waals surface area contributed by atoms with E-state index in [2.05, 4.69) is 21.1 Å². The summed E-state index contributed by atoms with van der Waals surface area (Å²) in [5.74, 6) is 0.906. The molecule has 0 heterocycles. The molecule has 0 radical (unpaired) electrons. The van der Waals surface area contributed by atoms with Crippen molar-refractivity contribution in [3.63, 3.8) is 0 Å². The summed E-state index contributed by atoms with van der Waals surface area (Å²) in [7, 11) is 3.36. The van der Waals surface area contributed by atoms with Gasteiger partial charge in [0, 0.05) is 19.7 Å². The summed E-state index contributed by atoms with van der Waals surface area (Å²) in [6, 6.07) is 3.60. The molecule has 0 bridgehead atoms. The molecule has 0 aliphatic heterocycles. The summed E-state index contributed by atoms with van der Waals surface area (Å²) < 4.78 is 11.8. The predicted octanol–water partition coefficient (Wildman–Crippen LogP) is 2.69. The highest BCUT2D eigenvalue weighted by molar-refractivity contribution is 9.10. The van der Waals surface area contributed by atoms with E-state index in [1.165, 1.54) is 4.90 Å². The van der Waals surface area contributed by atoms with Crippen molar-refractivity contribution in [2.75, 3.05) is 33.9 Å². The molecule has 1 aromatic carbocycles. The number of oxime groups is 1. The number of likely N-dealkylation sites (N-methyl/N-ethyl adjacent to an activating group) is 1. The zero-order chi connectivity index (χ0) is 16.5. The highest BCUT2D eigenvalue weighted by atomic mass is 79.9. The fourth-order valence-electron chi connectivity index (χ4n) is 1.50. The second-order valence-corrected chi connectivity index (χ2v) is 5.35. The van der Waals surface area contributed by atoms with Crippen LogP contribution in [0.15, 0.2) is 21.8 Å². The Bertz CT molecular complexity index is 533. The average molecular weight is 373 g/mol. The van der Waals surface area contributed by atoms with Gasteiger partial charge in [-0.05, 0) is 41.9 Å². The van der Waals surface area contributed by atoms with E-state index in [0.29, 0.717) is 29.2 Å². The number of hydrogen-bond acceptors (Lipinski definition) is 5. The molecular formula is C15H21BrN2O4. The van der Waals surface area contributed by atoms with Gasteiger partial charge in [-0.25, -0.2) is 0 Å². The molecule has 1 amide bonds. The summed E-state index contributed by atoms with van der Waals surface area (Å²) >= 11 is 3.43. The molecule has 0 atom stereocenters. The van der Waals surface area contributed by atoms with Crippen LogP contribution >= 0.6 is 15.9 Å². The van der Waals surface area contributed by atoms with Gasteiger partial charge in [-0.3, -0.25) is 4.79 Å². The maximum atomic E-state index is 11.6. The summed E-state index contributed by atoms with van der Waals surface area (Å²) in [6.07, 6.45) is 1.59. The number of halogens is 1. The second kappa shape index (κ2) is 9.30. The number of carbonyl (C=O) groups is 1. The SMILES string of the molecule is CCO/N=C/c1cc(Br)c(OCC(=O)N(C)C)c(OCC)c1. The molecule has 7 heteroatoms. The van der Waals surface area contributed by atoms with Crippen LogP contribution in [0.3, 0.4) is 0 Å². The van der Waals surface area contributed by atoms with E-state index in [4.69, 9.17) is 14.3 Å². The lowest BCUT2D eigenvalue weighted by Gasteiger charge is -2.16. The topological polar surface area (TPSA) is 60.4 Å². The van der Waals surface area contributed by atoms with Crippen molar-refractivity contribution in [1.82, 2.24) is 4.90 Å². The quantitative estimate of drug-likeness (QED) is 0.519. The maximum Gasteiger partial charge on any atom is 0.259 e. The van der Waals surface area contributed by atoms with Gasteiger partial charge >= 0.3 is 0 Å². The molecule has 0 aromatic heterocycles. The van der Waals surface area contributed by atoms with E-state index < -0.39 is 0 Å². The minimum Gasteiger partial charge on any atom is -0.490 e. The fraction of sp³-hybridized carbons (Fsp3) is 0.467. The Balaban J connectivity index is 2.97. The molecule has 0 spiro atoms. The summed E-state index contributed by atoms with van der Waals surface area (Å²) in [6.45, 7) is 4.67. The number of nitrogens with zero attached hydrogens (tertiary/aromatic N) is 2. The van der Waals surface area contributed by atoms with Gasteiger partial charge in [-0.2, -0.15) is 0 Å². The van der Waals surface area contributed by atoms with E-state index >= 15 is 0 Å². The highest BCUT2D eigenvalue weighted by Crippen LogP contribution is 2.36. The first-order valence-corrected chi connectivity index (χ1v) is 7.73.